The molecular formula is C3H2IN2O2S2-. The second kappa shape index (κ2) is 3.69. The normalized spacial score (nSPS) is 13.4. The van der Waals surface area contributed by atoms with Crippen LogP contribution < -0.4 is 0 Å². The number of rotatable bonds is 2. The molecule has 0 spiro atoms. The minimum Gasteiger partial charge on any atom is -0.772 e. The minimum atomic E-state index is -2.05. The Balaban J connectivity index is 2.67. The Kier molecular flexibility index (Phi) is 3.14. The molecule has 1 rings (SSSR count). The lowest BCUT2D eigenvalue weighted by molar-refractivity contribution is 0.536. The molecule has 0 amide bonds. The first-order valence-electron chi connectivity index (χ1n) is 2.22. The van der Waals surface area contributed by atoms with Gasteiger partial charge in [-0.05, 0) is 22.6 Å². The molecule has 0 bridgehead atoms. The highest BCUT2D eigenvalue weighted by Crippen LogP contribution is 2.07. The number of hydrogen-bond donors (Lipinski definition) is 0. The van der Waals surface area contributed by atoms with Crippen LogP contribution in [0.3, 0.4) is 0 Å². The van der Waals surface area contributed by atoms with Crippen LogP contribution in [0.5, 0.6) is 0 Å². The molecular weight excluding hydrogens is 287 g/mol. The molecule has 1 atom stereocenters. The Morgan fingerprint density at radius 2 is 2.50 bits per heavy atom. The first kappa shape index (κ1) is 8.50. The summed E-state index contributed by atoms with van der Waals surface area (Å²) in [7, 11) is 0. The van der Waals surface area contributed by atoms with Crippen molar-refractivity contribution in [1.29, 1.82) is 0 Å². The van der Waals surface area contributed by atoms with E-state index >= 15 is 0 Å². The van der Waals surface area contributed by atoms with Crippen LogP contribution in [0.15, 0.2) is 0 Å². The van der Waals surface area contributed by atoms with E-state index in [1.165, 1.54) is 0 Å². The monoisotopic (exact) mass is 289 g/mol. The molecule has 10 heavy (non-hydrogen) atoms. The summed E-state index contributed by atoms with van der Waals surface area (Å²) < 4.78 is 24.6. The molecule has 0 radical (unpaired) electrons. The van der Waals surface area contributed by atoms with Crippen LogP contribution in [0, 0.1) is 3.83 Å². The van der Waals surface area contributed by atoms with E-state index < -0.39 is 11.1 Å². The number of halogens is 1. The van der Waals surface area contributed by atoms with E-state index in [4.69, 9.17) is 0 Å². The predicted molar refractivity (Wildman–Crippen MR) is 45.2 cm³/mol. The van der Waals surface area contributed by atoms with Gasteiger partial charge in [-0.15, -0.1) is 0 Å². The van der Waals surface area contributed by atoms with Crippen LogP contribution in [0.4, 0.5) is 0 Å². The third kappa shape index (κ3) is 2.56. The Bertz CT molecular complexity index is 250. The molecule has 7 heteroatoms. The Morgan fingerprint density at radius 1 is 1.80 bits per heavy atom. The van der Waals surface area contributed by atoms with E-state index in [1.54, 1.807) is 0 Å². The summed E-state index contributed by atoms with van der Waals surface area (Å²) in [5.41, 5.74) is 0. The first-order valence-corrected chi connectivity index (χ1v) is 5.32. The number of hydrogen-bond acceptors (Lipinski definition) is 5. The van der Waals surface area contributed by atoms with Crippen molar-refractivity contribution in [2.45, 2.75) is 5.75 Å². The third-order valence-corrected chi connectivity index (χ3v) is 2.90. The second-order valence-corrected chi connectivity index (χ2v) is 4.10. The maximum Gasteiger partial charge on any atom is 0.203 e. The van der Waals surface area contributed by atoms with E-state index in [1.807, 2.05) is 22.6 Å². The van der Waals surface area contributed by atoms with Gasteiger partial charge in [0.1, 0.15) is 5.01 Å². The van der Waals surface area contributed by atoms with Gasteiger partial charge in [-0.2, -0.15) is 4.37 Å². The van der Waals surface area contributed by atoms with Crippen molar-refractivity contribution in [2.75, 3.05) is 0 Å². The van der Waals surface area contributed by atoms with Crippen molar-refractivity contribution in [3.8, 4) is 0 Å². The smallest absolute Gasteiger partial charge is 0.203 e. The Labute approximate surface area is 77.7 Å². The van der Waals surface area contributed by atoms with Gasteiger partial charge in [-0.1, -0.05) is 0 Å². The summed E-state index contributed by atoms with van der Waals surface area (Å²) in [5.74, 6) is -0.0271. The lowest BCUT2D eigenvalue weighted by atomic mass is 10.8. The van der Waals surface area contributed by atoms with E-state index in [0.717, 1.165) is 11.5 Å². The molecule has 0 aliphatic heterocycles. The van der Waals surface area contributed by atoms with Gasteiger partial charge in [-0.25, -0.2) is 4.98 Å². The lowest BCUT2D eigenvalue weighted by Crippen LogP contribution is -1.91. The number of nitrogens with zero attached hydrogens (tertiary/aromatic N) is 2. The van der Waals surface area contributed by atoms with Gasteiger partial charge < -0.3 is 4.55 Å². The van der Waals surface area contributed by atoms with Crippen LogP contribution in [-0.2, 0) is 16.8 Å². The largest absolute Gasteiger partial charge is 0.772 e. The predicted octanol–water partition coefficient (Wildman–Crippen LogP) is 0.522. The Hall–Kier alpha value is 0.400. The van der Waals surface area contributed by atoms with E-state index in [2.05, 4.69) is 9.36 Å². The molecule has 4 nitrogen and oxygen atoms in total. The summed E-state index contributed by atoms with van der Waals surface area (Å²) in [6.07, 6.45) is 0. The zero-order valence-electron chi connectivity index (χ0n) is 4.61. The molecule has 0 saturated heterocycles. The molecule has 1 heterocycles. The van der Waals surface area contributed by atoms with Gasteiger partial charge in [0.25, 0.3) is 0 Å². The standard InChI is InChI=1S/C3H3IN2O2S2/c4-3-5-2(9-6-3)1-10(7)8/h1H2,(H,7,8)/p-1. The molecule has 0 aromatic carbocycles. The lowest BCUT2D eigenvalue weighted by Gasteiger charge is -1.97. The zero-order chi connectivity index (χ0) is 7.56. The van der Waals surface area contributed by atoms with Crippen LogP contribution in [0.25, 0.3) is 0 Å². The van der Waals surface area contributed by atoms with Gasteiger partial charge in [0, 0.05) is 22.6 Å². The van der Waals surface area contributed by atoms with Crippen LogP contribution in [0.1, 0.15) is 5.01 Å². The van der Waals surface area contributed by atoms with Gasteiger partial charge in [0.15, 0.2) is 0 Å². The summed E-state index contributed by atoms with van der Waals surface area (Å²) in [6, 6.07) is 0. The van der Waals surface area contributed by atoms with E-state index in [-0.39, 0.29) is 5.75 Å². The molecule has 1 aromatic rings. The minimum absolute atomic E-state index is 0.0271. The van der Waals surface area contributed by atoms with Crippen LogP contribution >= 0.6 is 34.1 Å². The molecule has 0 aliphatic carbocycles. The van der Waals surface area contributed by atoms with Crippen molar-refractivity contribution >= 4 is 45.2 Å². The zero-order valence-corrected chi connectivity index (χ0v) is 8.40. The van der Waals surface area contributed by atoms with Gasteiger partial charge in [-0.3, -0.25) is 4.21 Å². The van der Waals surface area contributed by atoms with Crippen molar-refractivity contribution in [3.05, 3.63) is 8.84 Å². The van der Waals surface area contributed by atoms with Crippen molar-refractivity contribution in [1.82, 2.24) is 9.36 Å². The van der Waals surface area contributed by atoms with Crippen LogP contribution in [-0.4, -0.2) is 18.1 Å². The van der Waals surface area contributed by atoms with Crippen molar-refractivity contribution < 1.29 is 8.76 Å². The quantitative estimate of drug-likeness (QED) is 0.588. The average Bonchev–Trinajstić information content (AvgIpc) is 2.13. The highest BCUT2D eigenvalue weighted by Gasteiger charge is 1.99. The van der Waals surface area contributed by atoms with Gasteiger partial charge >= 0.3 is 0 Å². The second-order valence-electron chi connectivity index (χ2n) is 1.41. The maximum absolute atomic E-state index is 10.1. The fourth-order valence-corrected chi connectivity index (χ4v) is 2.26. The topological polar surface area (TPSA) is 65.9 Å². The van der Waals surface area contributed by atoms with Crippen LogP contribution in [0.2, 0.25) is 0 Å². The molecule has 0 N–H and O–H groups in total. The molecule has 0 fully saturated rings. The summed E-state index contributed by atoms with van der Waals surface area (Å²) in [5, 5.41) is 0.540. The van der Waals surface area contributed by atoms with Gasteiger partial charge in [0.2, 0.25) is 3.83 Å². The first-order chi connectivity index (χ1) is 4.68. The molecule has 1 unspecified atom stereocenters. The van der Waals surface area contributed by atoms with Gasteiger partial charge in [0.05, 0.1) is 5.75 Å². The van der Waals surface area contributed by atoms with E-state index in [9.17, 15) is 8.76 Å². The Morgan fingerprint density at radius 3 is 2.90 bits per heavy atom. The fraction of sp³-hybridized carbons (Fsp3) is 0.333. The molecule has 56 valence electrons. The highest BCUT2D eigenvalue weighted by atomic mass is 127. The molecule has 0 saturated carbocycles. The SMILES string of the molecule is O=S([O-])Cc1nc(I)ns1. The van der Waals surface area contributed by atoms with Crippen molar-refractivity contribution in [2.24, 2.45) is 0 Å². The average molecular weight is 289 g/mol. The third-order valence-electron chi connectivity index (χ3n) is 0.685. The fourth-order valence-electron chi connectivity index (χ4n) is 0.394. The number of aromatic nitrogens is 2. The van der Waals surface area contributed by atoms with Crippen molar-refractivity contribution in [3.63, 3.8) is 0 Å². The molecule has 1 aromatic heterocycles. The highest BCUT2D eigenvalue weighted by molar-refractivity contribution is 14.1. The summed E-state index contributed by atoms with van der Waals surface area (Å²) >= 11 is 1.00. The molecule has 0 aliphatic rings. The summed E-state index contributed by atoms with van der Waals surface area (Å²) in [6.45, 7) is 0. The van der Waals surface area contributed by atoms with E-state index in [0.29, 0.717) is 8.84 Å². The maximum atomic E-state index is 10.1. The summed E-state index contributed by atoms with van der Waals surface area (Å²) in [4.78, 5) is 3.85.